The van der Waals surface area contributed by atoms with Crippen molar-refractivity contribution in [3.8, 4) is 0 Å². The van der Waals surface area contributed by atoms with Crippen LogP contribution in [-0.2, 0) is 11.2 Å². The molecule has 2 aromatic rings. The van der Waals surface area contributed by atoms with Crippen molar-refractivity contribution >= 4 is 17.6 Å². The molecule has 1 heterocycles. The first-order valence-corrected chi connectivity index (χ1v) is 5.88. The number of aromatic carboxylic acids is 1. The predicted octanol–water partition coefficient (Wildman–Crippen LogP) is 2.24. The van der Waals surface area contributed by atoms with Crippen LogP contribution in [0.4, 0.5) is 14.5 Å². The number of carbonyl (C=O) groups excluding carboxylic acids is 1. The van der Waals surface area contributed by atoms with Gasteiger partial charge >= 0.3 is 5.97 Å². The third-order valence-corrected chi connectivity index (χ3v) is 2.65. The van der Waals surface area contributed by atoms with Crippen molar-refractivity contribution < 1.29 is 23.5 Å². The van der Waals surface area contributed by atoms with Crippen LogP contribution in [0.3, 0.4) is 0 Å². The molecule has 21 heavy (non-hydrogen) atoms. The van der Waals surface area contributed by atoms with Crippen molar-refractivity contribution in [2.75, 3.05) is 5.32 Å². The van der Waals surface area contributed by atoms with Crippen molar-refractivity contribution in [1.82, 2.24) is 4.98 Å². The molecule has 108 valence electrons. The summed E-state index contributed by atoms with van der Waals surface area (Å²) < 4.78 is 26.8. The molecule has 0 aliphatic heterocycles. The second-order valence-corrected chi connectivity index (χ2v) is 4.20. The number of anilines is 1. The van der Waals surface area contributed by atoms with Gasteiger partial charge in [-0.25, -0.2) is 13.6 Å². The van der Waals surface area contributed by atoms with Crippen LogP contribution in [0.2, 0.25) is 0 Å². The zero-order valence-electron chi connectivity index (χ0n) is 10.6. The number of carbonyl (C=O) groups is 2. The first-order valence-electron chi connectivity index (χ1n) is 5.88. The number of rotatable bonds is 4. The van der Waals surface area contributed by atoms with Crippen molar-refractivity contribution in [1.29, 1.82) is 0 Å². The van der Waals surface area contributed by atoms with Gasteiger partial charge in [-0.1, -0.05) is 6.07 Å². The highest BCUT2D eigenvalue weighted by Crippen LogP contribution is 2.20. The first-order chi connectivity index (χ1) is 9.97. The maximum atomic E-state index is 13.5. The fraction of sp³-hybridized carbons (Fsp3) is 0.0714. The molecule has 5 nitrogen and oxygen atoms in total. The summed E-state index contributed by atoms with van der Waals surface area (Å²) in [5.74, 6) is -4.36. The molecule has 1 aromatic heterocycles. The highest BCUT2D eigenvalue weighted by atomic mass is 19.1. The van der Waals surface area contributed by atoms with Gasteiger partial charge in [0.1, 0.15) is 11.6 Å². The number of nitrogens with zero attached hydrogens (tertiary/aromatic N) is 1. The summed E-state index contributed by atoms with van der Waals surface area (Å²) in [6.45, 7) is 0. The van der Waals surface area contributed by atoms with Crippen molar-refractivity contribution in [2.24, 2.45) is 0 Å². The van der Waals surface area contributed by atoms with Crippen LogP contribution in [0.15, 0.2) is 36.7 Å². The minimum Gasteiger partial charge on any atom is -0.478 e. The Hall–Kier alpha value is -2.83. The third-order valence-electron chi connectivity index (χ3n) is 2.65. The van der Waals surface area contributed by atoms with E-state index >= 15 is 0 Å². The van der Waals surface area contributed by atoms with Gasteiger partial charge in [0.2, 0.25) is 5.91 Å². The molecule has 0 fully saturated rings. The standard InChI is InChI=1S/C14H10F2N2O3/c15-10-6-11(16)12(5-9(10)14(20)21)18-13(19)4-8-2-1-3-17-7-8/h1-3,5-7H,4H2,(H,18,19)(H,20,21). The van der Waals surface area contributed by atoms with E-state index in [2.05, 4.69) is 10.3 Å². The number of amides is 1. The highest BCUT2D eigenvalue weighted by molar-refractivity contribution is 5.95. The third kappa shape index (κ3) is 3.59. The zero-order valence-corrected chi connectivity index (χ0v) is 10.6. The summed E-state index contributed by atoms with van der Waals surface area (Å²) in [4.78, 5) is 26.4. The minimum absolute atomic E-state index is 0.0624. The Labute approximate surface area is 118 Å². The SMILES string of the molecule is O=C(Cc1cccnc1)Nc1cc(C(=O)O)c(F)cc1F. The summed E-state index contributed by atoms with van der Waals surface area (Å²) in [5.41, 5.74) is -0.494. The number of hydrogen-bond donors (Lipinski definition) is 2. The molecular weight excluding hydrogens is 282 g/mol. The average Bonchev–Trinajstić information content (AvgIpc) is 2.42. The summed E-state index contributed by atoms with van der Waals surface area (Å²) in [6, 6.07) is 4.47. The van der Waals surface area contributed by atoms with E-state index in [1.165, 1.54) is 6.20 Å². The summed E-state index contributed by atoms with van der Waals surface area (Å²) >= 11 is 0. The van der Waals surface area contributed by atoms with Gasteiger partial charge < -0.3 is 10.4 Å². The highest BCUT2D eigenvalue weighted by Gasteiger charge is 2.16. The Morgan fingerprint density at radius 3 is 2.62 bits per heavy atom. The number of carboxylic acids is 1. The molecule has 0 aliphatic carbocycles. The molecular formula is C14H10F2N2O3. The quantitative estimate of drug-likeness (QED) is 0.905. The molecule has 2 rings (SSSR count). The summed E-state index contributed by atoms with van der Waals surface area (Å²) in [7, 11) is 0. The van der Waals surface area contributed by atoms with Crippen LogP contribution < -0.4 is 5.32 Å². The van der Waals surface area contributed by atoms with E-state index in [1.807, 2.05) is 0 Å². The second-order valence-electron chi connectivity index (χ2n) is 4.20. The van der Waals surface area contributed by atoms with Gasteiger partial charge in [0, 0.05) is 18.5 Å². The molecule has 0 aliphatic rings. The fourth-order valence-electron chi connectivity index (χ4n) is 1.69. The number of carboxylic acid groups (broad SMARTS) is 1. The van der Waals surface area contributed by atoms with Gasteiger partial charge in [0.15, 0.2) is 0 Å². The van der Waals surface area contributed by atoms with Gasteiger partial charge in [-0.2, -0.15) is 0 Å². The Morgan fingerprint density at radius 2 is 2.00 bits per heavy atom. The lowest BCUT2D eigenvalue weighted by atomic mass is 10.1. The first kappa shape index (κ1) is 14.6. The lowest BCUT2D eigenvalue weighted by Gasteiger charge is -2.08. The lowest BCUT2D eigenvalue weighted by Crippen LogP contribution is -2.16. The van der Waals surface area contributed by atoms with Gasteiger partial charge in [-0.15, -0.1) is 0 Å². The molecule has 0 saturated heterocycles. The van der Waals surface area contributed by atoms with E-state index in [4.69, 9.17) is 5.11 Å². The van der Waals surface area contributed by atoms with E-state index in [1.54, 1.807) is 18.3 Å². The molecule has 1 amide bonds. The van der Waals surface area contributed by atoms with Crippen LogP contribution in [0, 0.1) is 11.6 Å². The molecule has 0 spiro atoms. The Kier molecular flexibility index (Phi) is 4.22. The van der Waals surface area contributed by atoms with Crippen molar-refractivity contribution in [2.45, 2.75) is 6.42 Å². The Balaban J connectivity index is 2.17. The monoisotopic (exact) mass is 292 g/mol. The number of benzene rings is 1. The normalized spacial score (nSPS) is 10.2. The molecule has 2 N–H and O–H groups in total. The van der Waals surface area contributed by atoms with Crippen LogP contribution in [0.5, 0.6) is 0 Å². The maximum absolute atomic E-state index is 13.5. The molecule has 0 unspecified atom stereocenters. The van der Waals surface area contributed by atoms with Crippen molar-refractivity contribution in [3.63, 3.8) is 0 Å². The van der Waals surface area contributed by atoms with E-state index in [9.17, 15) is 18.4 Å². The summed E-state index contributed by atoms with van der Waals surface area (Å²) in [5, 5.41) is 11.0. The molecule has 1 aromatic carbocycles. The van der Waals surface area contributed by atoms with Gasteiger partial charge in [-0.3, -0.25) is 9.78 Å². The lowest BCUT2D eigenvalue weighted by molar-refractivity contribution is -0.115. The predicted molar refractivity (Wildman–Crippen MR) is 69.9 cm³/mol. The Morgan fingerprint density at radius 1 is 1.24 bits per heavy atom. The number of halogens is 2. The van der Waals surface area contributed by atoms with E-state index in [0.29, 0.717) is 11.6 Å². The maximum Gasteiger partial charge on any atom is 0.338 e. The van der Waals surface area contributed by atoms with Gasteiger partial charge in [0.25, 0.3) is 0 Å². The van der Waals surface area contributed by atoms with E-state index < -0.39 is 29.1 Å². The number of nitrogens with one attached hydrogen (secondary N) is 1. The van der Waals surface area contributed by atoms with Gasteiger partial charge in [0.05, 0.1) is 17.7 Å². The molecule has 0 saturated carbocycles. The van der Waals surface area contributed by atoms with Gasteiger partial charge in [-0.05, 0) is 17.7 Å². The summed E-state index contributed by atoms with van der Waals surface area (Å²) in [6.07, 6.45) is 2.95. The number of hydrogen-bond acceptors (Lipinski definition) is 3. The molecule has 7 heteroatoms. The minimum atomic E-state index is -1.55. The smallest absolute Gasteiger partial charge is 0.338 e. The fourth-order valence-corrected chi connectivity index (χ4v) is 1.69. The molecule has 0 radical (unpaired) electrons. The zero-order chi connectivity index (χ0) is 15.4. The molecule has 0 bridgehead atoms. The number of pyridine rings is 1. The number of aromatic nitrogens is 1. The van der Waals surface area contributed by atoms with Crippen LogP contribution in [-0.4, -0.2) is 22.0 Å². The van der Waals surface area contributed by atoms with E-state index in [0.717, 1.165) is 6.07 Å². The topological polar surface area (TPSA) is 79.3 Å². The van der Waals surface area contributed by atoms with E-state index in [-0.39, 0.29) is 12.1 Å². The largest absolute Gasteiger partial charge is 0.478 e. The van der Waals surface area contributed by atoms with Crippen molar-refractivity contribution in [3.05, 3.63) is 59.4 Å². The molecule has 0 atom stereocenters. The average molecular weight is 292 g/mol. The van der Waals surface area contributed by atoms with Crippen LogP contribution >= 0.6 is 0 Å². The Bertz CT molecular complexity index is 690. The van der Waals surface area contributed by atoms with Crippen LogP contribution in [0.1, 0.15) is 15.9 Å². The second kappa shape index (κ2) is 6.08. The van der Waals surface area contributed by atoms with Crippen LogP contribution in [0.25, 0.3) is 0 Å².